The van der Waals surface area contributed by atoms with Crippen LogP contribution >= 0.6 is 0 Å². The summed E-state index contributed by atoms with van der Waals surface area (Å²) in [4.78, 5) is 13.7. The van der Waals surface area contributed by atoms with E-state index in [1.54, 1.807) is 0 Å². The van der Waals surface area contributed by atoms with E-state index in [9.17, 15) is 22.4 Å². The first-order valence-electron chi connectivity index (χ1n) is 5.72. The number of amides is 1. The summed E-state index contributed by atoms with van der Waals surface area (Å²) in [5, 5.41) is 4.73. The third kappa shape index (κ3) is 3.12. The summed E-state index contributed by atoms with van der Waals surface area (Å²) in [5.74, 6) is -6.73. The Morgan fingerprint density at radius 2 is 1.68 bits per heavy atom. The van der Waals surface area contributed by atoms with Crippen molar-refractivity contribution in [3.63, 3.8) is 0 Å². The van der Waals surface area contributed by atoms with Gasteiger partial charge in [-0.2, -0.15) is 22.5 Å². The normalized spacial score (nSPS) is 14.3. The van der Waals surface area contributed by atoms with E-state index in [1.807, 2.05) is 0 Å². The van der Waals surface area contributed by atoms with Gasteiger partial charge in [0.2, 0.25) is 17.5 Å². The van der Waals surface area contributed by atoms with Crippen LogP contribution in [-0.4, -0.2) is 24.0 Å². The predicted octanol–water partition coefficient (Wildman–Crippen LogP) is 1.58. The van der Waals surface area contributed by atoms with Gasteiger partial charge in [-0.05, 0) is 12.8 Å². The molecule has 2 rings (SSSR count). The highest BCUT2D eigenvalue weighted by molar-refractivity contribution is 5.80. The first kappa shape index (κ1) is 13.6. The molecule has 1 aromatic heterocycles. The second kappa shape index (κ2) is 5.41. The Bertz CT molecular complexity index is 479. The van der Waals surface area contributed by atoms with Gasteiger partial charge in [0.05, 0.1) is 0 Å². The van der Waals surface area contributed by atoms with Gasteiger partial charge in [-0.1, -0.05) is 0 Å². The summed E-state index contributed by atoms with van der Waals surface area (Å²) in [7, 11) is 0. The molecule has 19 heavy (non-hydrogen) atoms. The van der Waals surface area contributed by atoms with Crippen LogP contribution in [0, 0.1) is 29.4 Å². The lowest BCUT2D eigenvalue weighted by Crippen LogP contribution is -2.30. The molecule has 2 N–H and O–H groups in total. The van der Waals surface area contributed by atoms with E-state index >= 15 is 0 Å². The number of halogens is 4. The minimum absolute atomic E-state index is 0.0179. The number of nitrogens with one attached hydrogen (secondary N) is 2. The minimum Gasteiger partial charge on any atom is -0.378 e. The number of pyridine rings is 1. The Balaban J connectivity index is 1.90. The molecule has 1 fully saturated rings. The van der Waals surface area contributed by atoms with Crippen LogP contribution in [0.5, 0.6) is 0 Å². The second-order valence-corrected chi connectivity index (χ2v) is 4.19. The molecule has 0 aliphatic heterocycles. The van der Waals surface area contributed by atoms with Gasteiger partial charge in [-0.15, -0.1) is 0 Å². The van der Waals surface area contributed by atoms with Gasteiger partial charge in [0.1, 0.15) is 5.69 Å². The van der Waals surface area contributed by atoms with E-state index in [4.69, 9.17) is 0 Å². The molecule has 1 aromatic rings. The Morgan fingerprint density at radius 3 is 2.21 bits per heavy atom. The first-order valence-corrected chi connectivity index (χ1v) is 5.72. The highest BCUT2D eigenvalue weighted by Gasteiger charge is 2.29. The lowest BCUT2D eigenvalue weighted by Gasteiger charge is -2.10. The summed E-state index contributed by atoms with van der Waals surface area (Å²) in [6.45, 7) is 0.0367. The molecule has 0 atom stereocenters. The fourth-order valence-corrected chi connectivity index (χ4v) is 1.51. The SMILES string of the molecule is O=C(NCCNc1c(F)c(F)nc(F)c1F)C1CC1. The van der Waals surface area contributed by atoms with Gasteiger partial charge in [0.15, 0.2) is 0 Å². The molecule has 1 aliphatic carbocycles. The van der Waals surface area contributed by atoms with Gasteiger partial charge in [0.25, 0.3) is 11.9 Å². The van der Waals surface area contributed by atoms with Crippen molar-refractivity contribution < 1.29 is 22.4 Å². The molecule has 1 aliphatic rings. The van der Waals surface area contributed by atoms with E-state index in [1.165, 1.54) is 0 Å². The van der Waals surface area contributed by atoms with Gasteiger partial charge in [-0.3, -0.25) is 4.79 Å². The largest absolute Gasteiger partial charge is 0.378 e. The molecular formula is C11H11F4N3O. The monoisotopic (exact) mass is 277 g/mol. The summed E-state index contributed by atoms with van der Waals surface area (Å²) >= 11 is 0. The van der Waals surface area contributed by atoms with Crippen molar-refractivity contribution in [2.45, 2.75) is 12.8 Å². The van der Waals surface area contributed by atoms with Gasteiger partial charge >= 0.3 is 0 Å². The van der Waals surface area contributed by atoms with Crippen molar-refractivity contribution >= 4 is 11.6 Å². The Labute approximate surface area is 106 Å². The van der Waals surface area contributed by atoms with Crippen molar-refractivity contribution in [3.8, 4) is 0 Å². The summed E-state index contributed by atoms with van der Waals surface area (Å²) in [6.07, 6.45) is 1.67. The van der Waals surface area contributed by atoms with Crippen molar-refractivity contribution in [1.29, 1.82) is 0 Å². The predicted molar refractivity (Wildman–Crippen MR) is 58.3 cm³/mol. The number of hydrogen-bond donors (Lipinski definition) is 2. The van der Waals surface area contributed by atoms with Crippen LogP contribution in [0.15, 0.2) is 0 Å². The Kier molecular flexibility index (Phi) is 3.87. The Hall–Kier alpha value is -1.86. The summed E-state index contributed by atoms with van der Waals surface area (Å²) in [5.41, 5.74) is -0.925. The standard InChI is InChI=1S/C11H11F4N3O/c12-6-8(7(13)10(15)18-9(6)14)16-3-4-17-11(19)5-1-2-5/h5H,1-4H2,(H,16,18)(H,17,19). The number of hydrogen-bond acceptors (Lipinski definition) is 3. The average molecular weight is 277 g/mol. The summed E-state index contributed by atoms with van der Waals surface area (Å²) < 4.78 is 51.9. The molecule has 0 bridgehead atoms. The van der Waals surface area contributed by atoms with Crippen LogP contribution in [0.4, 0.5) is 23.2 Å². The molecule has 0 radical (unpaired) electrons. The molecule has 0 spiro atoms. The van der Waals surface area contributed by atoms with Crippen molar-refractivity contribution in [3.05, 3.63) is 23.5 Å². The molecule has 104 valence electrons. The number of rotatable bonds is 5. The van der Waals surface area contributed by atoms with Crippen molar-refractivity contribution in [2.24, 2.45) is 5.92 Å². The third-order valence-corrected chi connectivity index (χ3v) is 2.67. The average Bonchev–Trinajstić information content (AvgIpc) is 3.19. The molecule has 0 unspecified atom stereocenters. The molecular weight excluding hydrogens is 266 g/mol. The first-order chi connectivity index (χ1) is 9.00. The third-order valence-electron chi connectivity index (χ3n) is 2.67. The molecule has 8 heteroatoms. The van der Waals surface area contributed by atoms with Gasteiger partial charge in [-0.25, -0.2) is 0 Å². The zero-order valence-corrected chi connectivity index (χ0v) is 9.77. The maximum Gasteiger partial charge on any atom is 0.253 e. The number of aromatic nitrogens is 1. The number of nitrogens with zero attached hydrogens (tertiary/aromatic N) is 1. The highest BCUT2D eigenvalue weighted by atomic mass is 19.2. The van der Waals surface area contributed by atoms with Crippen LogP contribution in [0.3, 0.4) is 0 Å². The highest BCUT2D eigenvalue weighted by Crippen LogP contribution is 2.28. The number of carbonyl (C=O) groups excluding carboxylic acids is 1. The van der Waals surface area contributed by atoms with E-state index in [0.29, 0.717) is 0 Å². The van der Waals surface area contributed by atoms with Crippen LogP contribution in [-0.2, 0) is 4.79 Å². The second-order valence-electron chi connectivity index (χ2n) is 4.19. The Morgan fingerprint density at radius 1 is 1.11 bits per heavy atom. The maximum absolute atomic E-state index is 13.2. The van der Waals surface area contributed by atoms with Crippen molar-refractivity contribution in [1.82, 2.24) is 10.3 Å². The van der Waals surface area contributed by atoms with E-state index in [0.717, 1.165) is 12.8 Å². The zero-order valence-electron chi connectivity index (χ0n) is 9.77. The lowest BCUT2D eigenvalue weighted by molar-refractivity contribution is -0.122. The van der Waals surface area contributed by atoms with Crippen LogP contribution < -0.4 is 10.6 Å². The number of anilines is 1. The summed E-state index contributed by atoms with van der Waals surface area (Å²) in [6, 6.07) is 0. The smallest absolute Gasteiger partial charge is 0.253 e. The molecule has 0 saturated heterocycles. The molecule has 4 nitrogen and oxygen atoms in total. The van der Waals surface area contributed by atoms with Gasteiger partial charge in [0, 0.05) is 19.0 Å². The fraction of sp³-hybridized carbons (Fsp3) is 0.455. The van der Waals surface area contributed by atoms with Crippen LogP contribution in [0.2, 0.25) is 0 Å². The van der Waals surface area contributed by atoms with Gasteiger partial charge < -0.3 is 10.6 Å². The molecule has 1 saturated carbocycles. The van der Waals surface area contributed by atoms with Crippen LogP contribution in [0.25, 0.3) is 0 Å². The minimum atomic E-state index is -1.72. The van der Waals surface area contributed by atoms with Crippen molar-refractivity contribution in [2.75, 3.05) is 18.4 Å². The van der Waals surface area contributed by atoms with E-state index in [2.05, 4.69) is 15.6 Å². The van der Waals surface area contributed by atoms with E-state index < -0.39 is 29.2 Å². The zero-order chi connectivity index (χ0) is 14.0. The maximum atomic E-state index is 13.2. The molecule has 1 heterocycles. The van der Waals surface area contributed by atoms with Crippen LogP contribution in [0.1, 0.15) is 12.8 Å². The van der Waals surface area contributed by atoms with E-state index in [-0.39, 0.29) is 24.9 Å². The fourth-order valence-electron chi connectivity index (χ4n) is 1.51. The topological polar surface area (TPSA) is 54.0 Å². The lowest BCUT2D eigenvalue weighted by atomic mass is 10.3. The quantitative estimate of drug-likeness (QED) is 0.488. The number of carbonyl (C=O) groups is 1. The molecule has 1 amide bonds. The molecule has 0 aromatic carbocycles.